The number of hydrogen-bond donors (Lipinski definition) is 1. The van der Waals surface area contributed by atoms with Crippen molar-refractivity contribution in [3.05, 3.63) is 0 Å². The number of nitrogens with two attached hydrogens (primary N) is 1. The van der Waals surface area contributed by atoms with Gasteiger partial charge in [0, 0.05) is 30.5 Å². The molecule has 3 atom stereocenters. The summed E-state index contributed by atoms with van der Waals surface area (Å²) in [7, 11) is 4.08. The first-order chi connectivity index (χ1) is 24.3. The molecule has 0 aliphatic rings. The predicted octanol–water partition coefficient (Wildman–Crippen LogP) is 12.4. The molecule has 0 aliphatic heterocycles. The monoisotopic (exact) mass is 730 g/mol. The van der Waals surface area contributed by atoms with Gasteiger partial charge in [0.15, 0.2) is 0 Å². The molecule has 0 saturated carbocycles. The van der Waals surface area contributed by atoms with Crippen molar-refractivity contribution >= 4 is 30.2 Å². The van der Waals surface area contributed by atoms with E-state index < -0.39 is 0 Å². The molecule has 0 spiro atoms. The summed E-state index contributed by atoms with van der Waals surface area (Å²) in [4.78, 5) is 29.2. The molecule has 0 aromatic rings. The van der Waals surface area contributed by atoms with Gasteiger partial charge in [0.1, 0.15) is 6.29 Å². The SMILES string of the molecule is CC.CC.CCCCCCCCC(C=O)CC.CCCCCCCCC(CCCCCC)COC(=O)CCSCCC(N)C=NCCN(C)C. The van der Waals surface area contributed by atoms with Gasteiger partial charge >= 0.3 is 5.97 Å². The zero-order chi connectivity index (χ0) is 38.5. The minimum absolute atomic E-state index is 0.00190. The fourth-order valence-corrected chi connectivity index (χ4v) is 6.20. The van der Waals surface area contributed by atoms with E-state index in [9.17, 15) is 9.59 Å². The van der Waals surface area contributed by atoms with Gasteiger partial charge in [-0.05, 0) is 57.9 Å². The highest BCUT2D eigenvalue weighted by Crippen LogP contribution is 2.20. The van der Waals surface area contributed by atoms with Gasteiger partial charge in [-0.2, -0.15) is 11.8 Å². The maximum Gasteiger partial charge on any atom is 0.306 e. The average Bonchev–Trinajstić information content (AvgIpc) is 3.13. The van der Waals surface area contributed by atoms with Crippen molar-refractivity contribution in [3.8, 4) is 0 Å². The summed E-state index contributed by atoms with van der Waals surface area (Å²) in [6.07, 6.45) is 29.9. The Bertz CT molecular complexity index is 663. The minimum Gasteiger partial charge on any atom is -0.465 e. The van der Waals surface area contributed by atoms with Gasteiger partial charge in [0.2, 0.25) is 0 Å². The molecule has 50 heavy (non-hydrogen) atoms. The number of ether oxygens (including phenoxy) is 1. The third kappa shape index (κ3) is 49.2. The Hall–Kier alpha value is -0.920. The van der Waals surface area contributed by atoms with Gasteiger partial charge in [-0.15, -0.1) is 0 Å². The molecule has 6 nitrogen and oxygen atoms in total. The summed E-state index contributed by atoms with van der Waals surface area (Å²) in [6, 6.07) is 0.00190. The third-order valence-corrected chi connectivity index (χ3v) is 9.59. The maximum absolute atomic E-state index is 12.2. The van der Waals surface area contributed by atoms with Crippen molar-refractivity contribution in [2.45, 2.75) is 203 Å². The summed E-state index contributed by atoms with van der Waals surface area (Å²) in [5.41, 5.74) is 6.08. The Labute approximate surface area is 319 Å². The fourth-order valence-electron chi connectivity index (χ4n) is 5.24. The Balaban J connectivity index is -0.000000517. The van der Waals surface area contributed by atoms with Crippen LogP contribution < -0.4 is 5.73 Å². The fraction of sp³-hybridized carbons (Fsp3) is 0.930. The van der Waals surface area contributed by atoms with Crippen molar-refractivity contribution in [1.29, 1.82) is 0 Å². The topological polar surface area (TPSA) is 85.0 Å². The predicted molar refractivity (Wildman–Crippen MR) is 228 cm³/mol. The van der Waals surface area contributed by atoms with E-state index in [0.717, 1.165) is 50.1 Å². The number of hydrogen-bond acceptors (Lipinski definition) is 7. The lowest BCUT2D eigenvalue weighted by Gasteiger charge is -2.17. The molecule has 0 aromatic heterocycles. The van der Waals surface area contributed by atoms with E-state index in [1.54, 1.807) is 11.8 Å². The normalized spacial score (nSPS) is 12.6. The lowest BCUT2D eigenvalue weighted by molar-refractivity contribution is -0.144. The van der Waals surface area contributed by atoms with E-state index in [2.05, 4.69) is 37.6 Å². The number of carbonyl (C=O) groups excluding carboxylic acids is 2. The van der Waals surface area contributed by atoms with Gasteiger partial charge in [0.05, 0.1) is 19.6 Å². The Kier molecular flexibility index (Phi) is 56.0. The second-order valence-electron chi connectivity index (χ2n) is 13.5. The number of likely N-dealkylation sites (N-methyl/N-ethyl adjacent to an activating group) is 1. The highest BCUT2D eigenvalue weighted by molar-refractivity contribution is 7.99. The second kappa shape index (κ2) is 50.2. The van der Waals surface area contributed by atoms with Gasteiger partial charge in [-0.25, -0.2) is 0 Å². The number of carbonyl (C=O) groups is 2. The summed E-state index contributed by atoms with van der Waals surface area (Å²) < 4.78 is 5.67. The molecule has 2 N–H and O–H groups in total. The van der Waals surface area contributed by atoms with Crippen LogP contribution in [0, 0.1) is 11.8 Å². The molecule has 0 rings (SSSR count). The smallest absolute Gasteiger partial charge is 0.306 e. The number of esters is 1. The molecule has 0 aliphatic carbocycles. The Morgan fingerprint density at radius 2 is 1.20 bits per heavy atom. The zero-order valence-electron chi connectivity index (χ0n) is 35.6. The lowest BCUT2D eigenvalue weighted by atomic mass is 9.95. The molecule has 0 fully saturated rings. The largest absolute Gasteiger partial charge is 0.465 e. The van der Waals surface area contributed by atoms with Crippen LogP contribution in [-0.2, 0) is 14.3 Å². The van der Waals surface area contributed by atoms with Crippen molar-refractivity contribution < 1.29 is 14.3 Å². The van der Waals surface area contributed by atoms with Crippen LogP contribution >= 0.6 is 11.8 Å². The highest BCUT2D eigenvalue weighted by atomic mass is 32.2. The molecule has 0 aromatic carbocycles. The number of aldehydes is 1. The van der Waals surface area contributed by atoms with Crippen LogP contribution in [0.2, 0.25) is 0 Å². The summed E-state index contributed by atoms with van der Waals surface area (Å²) in [5, 5.41) is 0. The quantitative estimate of drug-likeness (QED) is 0.0313. The molecule has 0 heterocycles. The van der Waals surface area contributed by atoms with E-state index >= 15 is 0 Å². The van der Waals surface area contributed by atoms with E-state index in [1.165, 1.54) is 116 Å². The number of rotatable bonds is 33. The van der Waals surface area contributed by atoms with Crippen molar-refractivity contribution in [2.24, 2.45) is 22.6 Å². The second-order valence-corrected chi connectivity index (χ2v) is 14.7. The summed E-state index contributed by atoms with van der Waals surface area (Å²) in [5.74, 6) is 2.58. The van der Waals surface area contributed by atoms with Crippen LogP contribution in [0.5, 0.6) is 0 Å². The van der Waals surface area contributed by atoms with Crippen LogP contribution in [-0.4, -0.2) is 74.7 Å². The first kappa shape index (κ1) is 55.8. The Morgan fingerprint density at radius 1 is 0.720 bits per heavy atom. The van der Waals surface area contributed by atoms with Crippen molar-refractivity contribution in [2.75, 3.05) is 45.3 Å². The van der Waals surface area contributed by atoms with E-state index in [-0.39, 0.29) is 12.0 Å². The number of aliphatic imine (C=N–C) groups is 1. The van der Waals surface area contributed by atoms with Crippen LogP contribution in [0.3, 0.4) is 0 Å². The third-order valence-electron chi connectivity index (χ3n) is 8.58. The minimum atomic E-state index is -0.0430. The molecule has 0 amide bonds. The first-order valence-corrected chi connectivity index (χ1v) is 22.6. The van der Waals surface area contributed by atoms with Gasteiger partial charge in [-0.1, -0.05) is 158 Å². The molecule has 302 valence electrons. The highest BCUT2D eigenvalue weighted by Gasteiger charge is 2.12. The molecule has 3 unspecified atom stereocenters. The molecule has 0 saturated heterocycles. The number of unbranched alkanes of at least 4 members (excludes halogenated alkanes) is 13. The van der Waals surface area contributed by atoms with Gasteiger partial charge in [-0.3, -0.25) is 9.79 Å². The van der Waals surface area contributed by atoms with Gasteiger partial charge in [0.25, 0.3) is 0 Å². The van der Waals surface area contributed by atoms with Crippen molar-refractivity contribution in [3.63, 3.8) is 0 Å². The standard InChI is InChI=1S/C27H55N3O2S.C12H24O.2C2H6/c1-5-7-9-11-12-14-16-25(15-13-10-8-6-2)24-32-27(31)18-22-33-21-17-26(28)23-29-19-20-30(3)4;1-3-5-6-7-8-9-10-12(4-2)11-13;2*1-2/h23,25-26H,5-22,24,28H2,1-4H3;11-12H,3-10H2,1-2H3;2*1-2H3. The zero-order valence-corrected chi connectivity index (χ0v) is 36.4. The maximum atomic E-state index is 12.2. The molecular formula is C43H91N3O3S. The van der Waals surface area contributed by atoms with Crippen LogP contribution in [0.4, 0.5) is 0 Å². The summed E-state index contributed by atoms with van der Waals surface area (Å²) in [6.45, 7) is 19.2. The van der Waals surface area contributed by atoms with E-state index in [1.807, 2.05) is 48.0 Å². The van der Waals surface area contributed by atoms with Crippen molar-refractivity contribution in [1.82, 2.24) is 4.90 Å². The van der Waals surface area contributed by atoms with E-state index in [4.69, 9.17) is 10.5 Å². The average molecular weight is 730 g/mol. The number of nitrogens with zero attached hydrogens (tertiary/aromatic N) is 2. The molecular weight excluding hydrogens is 639 g/mol. The molecule has 0 radical (unpaired) electrons. The lowest BCUT2D eigenvalue weighted by Crippen LogP contribution is -2.23. The number of thioether (sulfide) groups is 1. The molecule has 0 bridgehead atoms. The first-order valence-electron chi connectivity index (χ1n) is 21.4. The molecule has 7 heteroatoms. The van der Waals surface area contributed by atoms with Gasteiger partial charge < -0.3 is 20.2 Å². The van der Waals surface area contributed by atoms with Crippen LogP contribution in [0.25, 0.3) is 0 Å². The van der Waals surface area contributed by atoms with Crippen LogP contribution in [0.15, 0.2) is 4.99 Å². The van der Waals surface area contributed by atoms with E-state index in [0.29, 0.717) is 24.9 Å². The Morgan fingerprint density at radius 3 is 1.68 bits per heavy atom. The summed E-state index contributed by atoms with van der Waals surface area (Å²) >= 11 is 1.78. The van der Waals surface area contributed by atoms with Crippen LogP contribution in [0.1, 0.15) is 197 Å².